The van der Waals surface area contributed by atoms with E-state index >= 15 is 0 Å². The molecule has 1 aliphatic heterocycles. The van der Waals surface area contributed by atoms with Gasteiger partial charge in [-0.15, -0.1) is 11.6 Å². The number of hydrogen-bond donors (Lipinski definition) is 0. The van der Waals surface area contributed by atoms with Crippen molar-refractivity contribution < 1.29 is 9.31 Å². The Bertz CT molecular complexity index is 332. The Morgan fingerprint density at radius 3 is 2.20 bits per heavy atom. The Balaban J connectivity index is 2.79. The first-order chi connectivity index (χ1) is 9.23. The first-order valence-electron chi connectivity index (χ1n) is 7.07. The van der Waals surface area contributed by atoms with Crippen LogP contribution in [-0.2, 0) is 9.31 Å². The largest absolute Gasteiger partial charge is 0.465 e. The fourth-order valence-corrected chi connectivity index (χ4v) is 3.02. The minimum absolute atomic E-state index is 0.150. The normalized spacial score (nSPS) is 23.1. The van der Waals surface area contributed by atoms with E-state index < -0.39 is 0 Å². The summed E-state index contributed by atoms with van der Waals surface area (Å²) in [5.74, 6) is 1.03. The van der Waals surface area contributed by atoms with Crippen molar-refractivity contribution in [3.63, 3.8) is 0 Å². The van der Waals surface area contributed by atoms with Crippen LogP contribution in [0.3, 0.4) is 0 Å². The van der Waals surface area contributed by atoms with Crippen molar-refractivity contribution in [3.05, 3.63) is 9.66 Å². The predicted octanol–water partition coefficient (Wildman–Crippen LogP) is 5.61. The molecule has 1 rings (SSSR count). The first kappa shape index (κ1) is 19.5. The molecule has 1 saturated heterocycles. The van der Waals surface area contributed by atoms with Crippen LogP contribution in [0.15, 0.2) is 9.66 Å². The maximum Gasteiger partial charge on any atom is 0.465 e. The second-order valence-electron chi connectivity index (χ2n) is 6.22. The Morgan fingerprint density at radius 1 is 1.20 bits per heavy atom. The predicted molar refractivity (Wildman–Crippen MR) is 105 cm³/mol. The van der Waals surface area contributed by atoms with Gasteiger partial charge in [0.05, 0.1) is 11.2 Å². The van der Waals surface area contributed by atoms with Crippen LogP contribution in [0.2, 0.25) is 5.82 Å². The topological polar surface area (TPSA) is 18.5 Å². The molecule has 1 atom stereocenters. The van der Waals surface area contributed by atoms with Crippen LogP contribution in [0.4, 0.5) is 0 Å². The van der Waals surface area contributed by atoms with Crippen LogP contribution in [0.1, 0.15) is 47.0 Å². The van der Waals surface area contributed by atoms with Gasteiger partial charge >= 0.3 is 7.12 Å². The maximum absolute atomic E-state index is 6.20. The highest BCUT2D eigenvalue weighted by Crippen LogP contribution is 2.42. The van der Waals surface area contributed by atoms with Crippen molar-refractivity contribution >= 4 is 63.9 Å². The van der Waals surface area contributed by atoms with E-state index in [4.69, 9.17) is 20.9 Å². The number of halogens is 3. The summed E-state index contributed by atoms with van der Waals surface area (Å²) in [6, 6.07) is 0. The van der Waals surface area contributed by atoms with Gasteiger partial charge in [0.25, 0.3) is 0 Å². The third kappa shape index (κ3) is 5.28. The number of alkyl halides is 2. The third-order valence-corrected chi connectivity index (χ3v) is 7.35. The van der Waals surface area contributed by atoms with Gasteiger partial charge in [-0.3, -0.25) is 0 Å². The zero-order valence-electron chi connectivity index (χ0n) is 12.7. The van der Waals surface area contributed by atoms with Gasteiger partial charge < -0.3 is 9.31 Å². The molecule has 0 radical (unpaired) electrons. The molecule has 0 spiro atoms. The van der Waals surface area contributed by atoms with E-state index in [0.29, 0.717) is 5.82 Å². The van der Waals surface area contributed by atoms with Gasteiger partial charge in [-0.2, -0.15) is 0 Å². The first-order valence-corrected chi connectivity index (χ1v) is 10.2. The highest BCUT2D eigenvalue weighted by molar-refractivity contribution is 14.1. The van der Waals surface area contributed by atoms with Crippen molar-refractivity contribution in [2.45, 2.75) is 64.0 Å². The van der Waals surface area contributed by atoms with Gasteiger partial charge in [-0.25, -0.2) is 0 Å². The van der Waals surface area contributed by atoms with E-state index in [1.807, 2.05) is 0 Å². The minimum Gasteiger partial charge on any atom is -0.403 e. The van der Waals surface area contributed by atoms with Crippen molar-refractivity contribution in [2.24, 2.45) is 0 Å². The number of hydrogen-bond acceptors (Lipinski definition) is 2. The lowest BCUT2D eigenvalue weighted by Crippen LogP contribution is -2.41. The molecule has 1 unspecified atom stereocenters. The summed E-state index contributed by atoms with van der Waals surface area (Å²) in [5.41, 5.74) is -0.516. The fourth-order valence-electron chi connectivity index (χ4n) is 2.11. The molecule has 0 aliphatic carbocycles. The molecule has 2 nitrogen and oxygen atoms in total. The molecular weight excluding hydrogens is 500 g/mol. The lowest BCUT2D eigenvalue weighted by atomic mass is 9.69. The molecule has 116 valence electrons. The molecule has 0 N–H and O–H groups in total. The summed E-state index contributed by atoms with van der Waals surface area (Å²) < 4.78 is 14.8. The molecule has 20 heavy (non-hydrogen) atoms. The van der Waals surface area contributed by atoms with E-state index in [0.717, 1.165) is 29.6 Å². The summed E-state index contributed by atoms with van der Waals surface area (Å²) in [5, 5.41) is 0. The Morgan fingerprint density at radius 2 is 1.75 bits per heavy atom. The zero-order chi connectivity index (χ0) is 15.4. The lowest BCUT2D eigenvalue weighted by Gasteiger charge is -2.32. The lowest BCUT2D eigenvalue weighted by molar-refractivity contribution is 0.00578. The van der Waals surface area contributed by atoms with Gasteiger partial charge in [0.15, 0.2) is 0 Å². The van der Waals surface area contributed by atoms with E-state index in [1.54, 1.807) is 0 Å². The quantitative estimate of drug-likeness (QED) is 0.187. The average molecular weight is 524 g/mol. The van der Waals surface area contributed by atoms with Gasteiger partial charge in [0.1, 0.15) is 0 Å². The van der Waals surface area contributed by atoms with Gasteiger partial charge in [0, 0.05) is 16.1 Å². The van der Waals surface area contributed by atoms with Crippen LogP contribution in [-0.4, -0.2) is 28.6 Å². The Hall–Kier alpha value is 1.47. The SMILES string of the molecule is CC1(C)OB(C(/C=C(/I)CI)CCCCCl)OC1(C)C. The second kappa shape index (κ2) is 8.36. The number of allylic oxidation sites excluding steroid dienone is 2. The molecule has 1 aliphatic rings. The summed E-state index contributed by atoms with van der Waals surface area (Å²) in [6.45, 7) is 8.43. The van der Waals surface area contributed by atoms with Crippen molar-refractivity contribution in [3.8, 4) is 0 Å². The molecule has 0 aromatic carbocycles. The monoisotopic (exact) mass is 524 g/mol. The van der Waals surface area contributed by atoms with Crippen molar-refractivity contribution in [2.75, 3.05) is 10.3 Å². The molecule has 1 heterocycles. The van der Waals surface area contributed by atoms with Gasteiger partial charge in [-0.1, -0.05) is 35.1 Å². The zero-order valence-corrected chi connectivity index (χ0v) is 17.8. The molecule has 0 aromatic rings. The standard InChI is InChI=1S/C14H24BClI2O2/c1-13(2)14(3,4)20-15(19-13)11(7-5-6-8-16)9-12(18)10-17/h9,11H,5-8,10H2,1-4H3/b12-9+. The Labute approximate surface area is 156 Å². The average Bonchev–Trinajstić information content (AvgIpc) is 2.57. The highest BCUT2D eigenvalue weighted by Gasteiger charge is 2.53. The minimum atomic E-state index is -0.258. The van der Waals surface area contributed by atoms with Gasteiger partial charge in [-0.05, 0) is 66.7 Å². The summed E-state index contributed by atoms with van der Waals surface area (Å²) in [4.78, 5) is 0. The van der Waals surface area contributed by atoms with Gasteiger partial charge in [0.2, 0.25) is 0 Å². The van der Waals surface area contributed by atoms with E-state index in [9.17, 15) is 0 Å². The van der Waals surface area contributed by atoms with E-state index in [-0.39, 0.29) is 18.3 Å². The molecule has 1 fully saturated rings. The smallest absolute Gasteiger partial charge is 0.403 e. The second-order valence-corrected chi connectivity index (χ2v) is 8.75. The summed E-state index contributed by atoms with van der Waals surface area (Å²) >= 11 is 10.6. The molecule has 0 bridgehead atoms. The summed E-state index contributed by atoms with van der Waals surface area (Å²) in [7, 11) is -0.150. The maximum atomic E-state index is 6.20. The van der Waals surface area contributed by atoms with E-state index in [1.165, 1.54) is 3.58 Å². The van der Waals surface area contributed by atoms with Crippen molar-refractivity contribution in [1.29, 1.82) is 0 Å². The fraction of sp³-hybridized carbons (Fsp3) is 0.857. The van der Waals surface area contributed by atoms with Crippen molar-refractivity contribution in [1.82, 2.24) is 0 Å². The molecular formula is C14H24BClI2O2. The molecule has 0 aromatic heterocycles. The molecule has 6 heteroatoms. The number of rotatable bonds is 7. The molecule has 0 saturated carbocycles. The van der Waals surface area contributed by atoms with Crippen LogP contribution in [0, 0.1) is 0 Å². The van der Waals surface area contributed by atoms with Crippen LogP contribution < -0.4 is 0 Å². The molecule has 0 amide bonds. The number of unbranched alkanes of at least 4 members (excludes halogenated alkanes) is 1. The van der Waals surface area contributed by atoms with E-state index in [2.05, 4.69) is 79.0 Å². The van der Waals surface area contributed by atoms with Crippen LogP contribution >= 0.6 is 56.8 Å². The summed E-state index contributed by atoms with van der Waals surface area (Å²) in [6.07, 6.45) is 5.53. The third-order valence-electron chi connectivity index (χ3n) is 4.06. The van der Waals surface area contributed by atoms with Crippen LogP contribution in [0.5, 0.6) is 0 Å². The Kier molecular flexibility index (Phi) is 8.16. The van der Waals surface area contributed by atoms with Crippen LogP contribution in [0.25, 0.3) is 0 Å². The highest BCUT2D eigenvalue weighted by atomic mass is 127.